The molecule has 2 aliphatic heterocycles. The van der Waals surface area contributed by atoms with Gasteiger partial charge in [-0.15, -0.1) is 0 Å². The molecule has 354 valence electrons. The van der Waals surface area contributed by atoms with Gasteiger partial charge in [-0.3, -0.25) is 4.79 Å². The van der Waals surface area contributed by atoms with Gasteiger partial charge in [-0.05, 0) is 87.9 Å². The predicted octanol–water partition coefficient (Wildman–Crippen LogP) is 3.75. The van der Waals surface area contributed by atoms with Gasteiger partial charge >= 0.3 is 5.97 Å². The standard InChI is InChI=1S/C42H57N3O15S4/c1-41(21-13-28-62(50,51)52)34-30-32(63(53,54)55)17-19-36(34)44(24-12-8-11-16-40(46)47)38(41)14-9-6-5-7-10-15-39-42(2,22-29-61(48,49)43-23-26-59-3)35-31-33(64(56,57)58)18-20-37(35)45(39)25-27-60-4/h5-7,9-10,14-15,17-20,30-31,43H,8,11-13,16,21-29H2,1-4H3,(H3-,46,47,50,51,52,53,54,55,56,57,58)/p-2. The van der Waals surface area contributed by atoms with Crippen LogP contribution in [0.25, 0.3) is 0 Å². The molecule has 0 aromatic heterocycles. The van der Waals surface area contributed by atoms with Crippen LogP contribution in [0.15, 0.2) is 94.4 Å². The monoisotopic (exact) mass is 969 g/mol. The molecule has 18 nitrogen and oxygen atoms in total. The Kier molecular flexibility index (Phi) is 18.0. The summed E-state index contributed by atoms with van der Waals surface area (Å²) < 4.78 is 148. The molecule has 2 atom stereocenters. The van der Waals surface area contributed by atoms with Gasteiger partial charge in [0.2, 0.25) is 15.7 Å². The first-order valence-electron chi connectivity index (χ1n) is 20.3. The zero-order chi connectivity index (χ0) is 47.6. The first kappa shape index (κ1) is 52.5. The van der Waals surface area contributed by atoms with Crippen LogP contribution in [0.5, 0.6) is 0 Å². The van der Waals surface area contributed by atoms with E-state index in [1.807, 2.05) is 9.48 Å². The zero-order valence-corrected chi connectivity index (χ0v) is 39.4. The SMILES string of the molecule is COCCNS(=O)(=O)CCC1(C)\C(=C/C=C/C=C/C=C/C2=[N+](CCCCCC(=O)O)c3ccc(S(=O)(=O)[O-])cc3C2(C)CCCS(=O)(=O)[O-])N(CCOC)c2ccc(S(=O)(=O)[O-])cc21. The second-order valence-electron chi connectivity index (χ2n) is 15.8. The lowest BCUT2D eigenvalue weighted by molar-refractivity contribution is -0.438. The fourth-order valence-corrected chi connectivity index (χ4v) is 10.8. The molecule has 2 heterocycles. The summed E-state index contributed by atoms with van der Waals surface area (Å²) in [7, 11) is -15.2. The Bertz CT molecular complexity index is 2640. The van der Waals surface area contributed by atoms with Crippen LogP contribution in [0, 0.1) is 0 Å². The number of carboxylic acid groups (broad SMARTS) is 1. The summed E-state index contributed by atoms with van der Waals surface area (Å²) in [4.78, 5) is 12.1. The van der Waals surface area contributed by atoms with Gasteiger partial charge in [-0.2, -0.15) is 4.58 Å². The Balaban J connectivity index is 1.74. The average molecular weight is 970 g/mol. The number of unbranched alkanes of at least 4 members (excludes halogenated alkanes) is 2. The molecule has 2 aromatic rings. The molecule has 0 fully saturated rings. The number of benzene rings is 2. The van der Waals surface area contributed by atoms with E-state index in [2.05, 4.69) is 4.72 Å². The summed E-state index contributed by atoms with van der Waals surface area (Å²) in [6.45, 7) is 4.67. The van der Waals surface area contributed by atoms with Crippen molar-refractivity contribution in [3.8, 4) is 0 Å². The van der Waals surface area contributed by atoms with E-state index >= 15 is 0 Å². The van der Waals surface area contributed by atoms with Crippen molar-refractivity contribution in [3.05, 3.63) is 95.8 Å². The Morgan fingerprint density at radius 1 is 0.766 bits per heavy atom. The predicted molar refractivity (Wildman–Crippen MR) is 236 cm³/mol. The average Bonchev–Trinajstić information content (AvgIpc) is 3.57. The minimum absolute atomic E-state index is 0.00518. The number of aliphatic carboxylic acids is 1. The van der Waals surface area contributed by atoms with Gasteiger partial charge in [0.25, 0.3) is 0 Å². The minimum Gasteiger partial charge on any atom is -0.748 e. The Labute approximate surface area is 376 Å². The van der Waals surface area contributed by atoms with Crippen molar-refractivity contribution in [1.82, 2.24) is 4.72 Å². The molecule has 2 aromatic carbocycles. The van der Waals surface area contributed by atoms with Crippen LogP contribution in [0.4, 0.5) is 11.4 Å². The van der Waals surface area contributed by atoms with Crippen LogP contribution in [0.1, 0.15) is 69.9 Å². The summed E-state index contributed by atoms with van der Waals surface area (Å²) in [6, 6.07) is 7.98. The Morgan fingerprint density at radius 3 is 2.02 bits per heavy atom. The van der Waals surface area contributed by atoms with Crippen molar-refractivity contribution >= 4 is 63.4 Å². The fourth-order valence-electron chi connectivity index (χ4n) is 8.09. The first-order valence-corrected chi connectivity index (χ1v) is 26.4. The van der Waals surface area contributed by atoms with Crippen molar-refractivity contribution in [3.63, 3.8) is 0 Å². The number of carboxylic acids is 1. The molecular weight excluding hydrogens is 915 g/mol. The molecule has 0 bridgehead atoms. The van der Waals surface area contributed by atoms with Crippen LogP contribution in [0.3, 0.4) is 0 Å². The van der Waals surface area contributed by atoms with E-state index in [0.29, 0.717) is 66.3 Å². The number of nitrogens with zero attached hydrogens (tertiary/aromatic N) is 2. The Morgan fingerprint density at radius 2 is 1.39 bits per heavy atom. The van der Waals surface area contributed by atoms with Gasteiger partial charge in [0.1, 0.15) is 26.8 Å². The number of allylic oxidation sites excluding steroid dienone is 8. The summed E-state index contributed by atoms with van der Waals surface area (Å²) in [6.07, 6.45) is 13.6. The molecule has 64 heavy (non-hydrogen) atoms. The molecule has 2 unspecified atom stereocenters. The third-order valence-corrected chi connectivity index (χ3v) is 15.1. The summed E-state index contributed by atoms with van der Waals surface area (Å²) in [5.41, 5.74) is 1.13. The molecule has 4 rings (SSSR count). The number of hydrogen-bond acceptors (Lipinski definition) is 15. The van der Waals surface area contributed by atoms with Gasteiger partial charge < -0.3 is 33.1 Å². The van der Waals surface area contributed by atoms with Gasteiger partial charge in [-0.1, -0.05) is 30.4 Å². The highest BCUT2D eigenvalue weighted by Gasteiger charge is 2.48. The molecule has 0 aliphatic carbocycles. The van der Waals surface area contributed by atoms with Crippen molar-refractivity contribution in [1.29, 1.82) is 0 Å². The summed E-state index contributed by atoms with van der Waals surface area (Å²) in [5.74, 6) is -1.94. The molecular formula is C42H55N3O15S4-2. The molecule has 0 radical (unpaired) electrons. The van der Waals surface area contributed by atoms with Crippen LogP contribution < -0.4 is 9.62 Å². The van der Waals surface area contributed by atoms with Crippen LogP contribution in [-0.4, -0.2) is 127 Å². The largest absolute Gasteiger partial charge is 0.748 e. The first-order chi connectivity index (χ1) is 29.9. The third-order valence-electron chi connectivity index (χ3n) is 11.3. The minimum atomic E-state index is -4.88. The van der Waals surface area contributed by atoms with Gasteiger partial charge in [0, 0.05) is 80.4 Å². The highest BCUT2D eigenvalue weighted by atomic mass is 32.2. The topological polar surface area (TPSA) is 280 Å². The second-order valence-corrected chi connectivity index (χ2v) is 22.0. The second kappa shape index (κ2) is 21.9. The lowest BCUT2D eigenvalue weighted by Gasteiger charge is -2.30. The number of ether oxygens (including phenoxy) is 2. The molecule has 0 saturated carbocycles. The number of nitrogens with one attached hydrogen (secondary N) is 1. The highest BCUT2D eigenvalue weighted by Crippen LogP contribution is 2.51. The molecule has 2 aliphatic rings. The van der Waals surface area contributed by atoms with Crippen LogP contribution >= 0.6 is 0 Å². The molecule has 2 N–H and O–H groups in total. The van der Waals surface area contributed by atoms with E-state index < -0.39 is 72.7 Å². The number of rotatable bonds is 26. The number of anilines is 1. The quantitative estimate of drug-likeness (QED) is 0.0588. The van der Waals surface area contributed by atoms with Crippen molar-refractivity contribution < 1.29 is 71.3 Å². The number of fused-ring (bicyclic) bond motifs is 2. The lowest BCUT2D eigenvalue weighted by Crippen LogP contribution is -2.35. The normalized spacial score (nSPS) is 20.1. The van der Waals surface area contributed by atoms with Crippen molar-refractivity contribution in [2.45, 2.75) is 79.4 Å². The summed E-state index contributed by atoms with van der Waals surface area (Å²) in [5, 5.41) is 9.10. The third kappa shape index (κ3) is 13.7. The summed E-state index contributed by atoms with van der Waals surface area (Å²) >= 11 is 0. The molecule has 0 spiro atoms. The number of hydrogen-bond donors (Lipinski definition) is 2. The van der Waals surface area contributed by atoms with Crippen molar-refractivity contribution in [2.24, 2.45) is 0 Å². The lowest BCUT2D eigenvalue weighted by atomic mass is 9.76. The fraction of sp³-hybridized carbons (Fsp3) is 0.476. The van der Waals surface area contributed by atoms with Gasteiger partial charge in [0.15, 0.2) is 5.71 Å². The van der Waals surface area contributed by atoms with E-state index in [9.17, 15) is 52.1 Å². The number of sulfonamides is 1. The van der Waals surface area contributed by atoms with E-state index in [1.165, 1.54) is 50.6 Å². The maximum absolute atomic E-state index is 13.0. The number of methoxy groups -OCH3 is 2. The molecule has 22 heteroatoms. The maximum Gasteiger partial charge on any atom is 0.303 e. The van der Waals surface area contributed by atoms with E-state index in [1.54, 1.807) is 56.4 Å². The molecule has 0 amide bonds. The molecule has 0 saturated heterocycles. The Hall–Kier alpha value is -4.10. The van der Waals surface area contributed by atoms with Gasteiger partial charge in [-0.25, -0.2) is 38.4 Å². The van der Waals surface area contributed by atoms with Crippen molar-refractivity contribution in [2.75, 3.05) is 63.5 Å². The van der Waals surface area contributed by atoms with Crippen LogP contribution in [-0.2, 0) is 65.5 Å². The van der Waals surface area contributed by atoms with E-state index in [4.69, 9.17) is 14.6 Å². The smallest absolute Gasteiger partial charge is 0.303 e. The van der Waals surface area contributed by atoms with Gasteiger partial charge in [0.05, 0.1) is 44.3 Å². The maximum atomic E-state index is 13.0. The van der Waals surface area contributed by atoms with E-state index in [-0.39, 0.29) is 51.2 Å². The number of carbonyl (C=O) groups is 1. The van der Waals surface area contributed by atoms with E-state index in [0.717, 1.165) is 0 Å². The highest BCUT2D eigenvalue weighted by molar-refractivity contribution is 7.89. The van der Waals surface area contributed by atoms with Crippen LogP contribution in [0.2, 0.25) is 0 Å². The zero-order valence-electron chi connectivity index (χ0n) is 36.1.